The predicted molar refractivity (Wildman–Crippen MR) is 115 cm³/mol. The van der Waals surface area contributed by atoms with Crippen LogP contribution in [0.1, 0.15) is 11.1 Å². The molecule has 5 rings (SSSR count). The van der Waals surface area contributed by atoms with Crippen molar-refractivity contribution in [1.82, 2.24) is 10.2 Å². The molecule has 2 aromatic rings. The van der Waals surface area contributed by atoms with E-state index in [0.29, 0.717) is 19.6 Å². The van der Waals surface area contributed by atoms with E-state index in [2.05, 4.69) is 17.4 Å². The molecule has 31 heavy (non-hydrogen) atoms. The van der Waals surface area contributed by atoms with Gasteiger partial charge in [-0.3, -0.25) is 9.59 Å². The number of amides is 2. The number of carbonyl (C=O) groups excluding carboxylic acids is 2. The van der Waals surface area contributed by atoms with Crippen molar-refractivity contribution in [2.75, 3.05) is 20.2 Å². The van der Waals surface area contributed by atoms with Crippen molar-refractivity contribution in [3.63, 3.8) is 0 Å². The molecule has 2 amide bonds. The summed E-state index contributed by atoms with van der Waals surface area (Å²) < 4.78 is 11.6. The average Bonchev–Trinajstić information content (AvgIpc) is 3.45. The number of methoxy groups -OCH3 is 1. The van der Waals surface area contributed by atoms with Gasteiger partial charge in [-0.15, -0.1) is 0 Å². The molecule has 6 nitrogen and oxygen atoms in total. The van der Waals surface area contributed by atoms with E-state index in [-0.39, 0.29) is 17.9 Å². The van der Waals surface area contributed by atoms with Crippen molar-refractivity contribution < 1.29 is 19.1 Å². The van der Waals surface area contributed by atoms with E-state index >= 15 is 0 Å². The van der Waals surface area contributed by atoms with E-state index in [9.17, 15) is 9.59 Å². The van der Waals surface area contributed by atoms with Crippen molar-refractivity contribution in [1.29, 1.82) is 0 Å². The first-order chi connectivity index (χ1) is 15.1. The fraction of sp³-hybridized carbons (Fsp3) is 0.360. The maximum absolute atomic E-state index is 13.3. The van der Waals surface area contributed by atoms with Crippen LogP contribution < -0.4 is 10.1 Å². The summed E-state index contributed by atoms with van der Waals surface area (Å²) >= 11 is 0. The number of fused-ring (bicyclic) bond motifs is 1. The molecule has 0 radical (unpaired) electrons. The Bertz CT molecular complexity index is 1020. The molecule has 160 valence electrons. The lowest BCUT2D eigenvalue weighted by Crippen LogP contribution is -2.44. The Morgan fingerprint density at radius 2 is 1.97 bits per heavy atom. The summed E-state index contributed by atoms with van der Waals surface area (Å²) in [6, 6.07) is 17.7. The first-order valence-electron chi connectivity index (χ1n) is 10.7. The summed E-state index contributed by atoms with van der Waals surface area (Å²) in [5.74, 6) is -0.372. The van der Waals surface area contributed by atoms with Crippen LogP contribution in [0.5, 0.6) is 5.75 Å². The topological polar surface area (TPSA) is 67.9 Å². The number of para-hydroxylation sites is 1. The number of nitrogens with one attached hydrogen (secondary N) is 1. The van der Waals surface area contributed by atoms with Crippen LogP contribution in [-0.4, -0.2) is 48.6 Å². The van der Waals surface area contributed by atoms with Crippen LogP contribution >= 0.6 is 0 Å². The second-order valence-electron chi connectivity index (χ2n) is 8.43. The molecular weight excluding hydrogens is 392 g/mol. The van der Waals surface area contributed by atoms with Crippen LogP contribution in [0.25, 0.3) is 0 Å². The van der Waals surface area contributed by atoms with Gasteiger partial charge in [0.2, 0.25) is 11.8 Å². The molecular formula is C25H26N2O4. The highest BCUT2D eigenvalue weighted by atomic mass is 16.5. The van der Waals surface area contributed by atoms with Gasteiger partial charge >= 0.3 is 0 Å². The highest BCUT2D eigenvalue weighted by Crippen LogP contribution is 2.51. The van der Waals surface area contributed by atoms with Crippen LogP contribution in [0.3, 0.4) is 0 Å². The third-order valence-electron chi connectivity index (χ3n) is 6.64. The molecule has 0 saturated carbocycles. The molecule has 2 bridgehead atoms. The Hall–Kier alpha value is -3.12. The average molecular weight is 418 g/mol. The Balaban J connectivity index is 1.28. The van der Waals surface area contributed by atoms with Crippen molar-refractivity contribution in [3.05, 3.63) is 77.9 Å². The normalized spacial score (nSPS) is 28.1. The number of benzene rings is 2. The minimum absolute atomic E-state index is 0.0141. The van der Waals surface area contributed by atoms with Gasteiger partial charge in [-0.2, -0.15) is 0 Å². The SMILES string of the molecule is COc1ccccc1CNC(=O)C1C2C(=O)N(CCc3ccccc3)C[C@@]23C=C[C@@H]1O3. The van der Waals surface area contributed by atoms with Gasteiger partial charge in [0, 0.05) is 18.7 Å². The van der Waals surface area contributed by atoms with Gasteiger partial charge in [-0.25, -0.2) is 0 Å². The largest absolute Gasteiger partial charge is 0.496 e. The van der Waals surface area contributed by atoms with Crippen LogP contribution in [0.2, 0.25) is 0 Å². The molecule has 2 fully saturated rings. The molecule has 4 atom stereocenters. The van der Waals surface area contributed by atoms with E-state index < -0.39 is 17.4 Å². The number of rotatable bonds is 7. The first-order valence-corrected chi connectivity index (χ1v) is 10.7. The molecule has 0 aliphatic carbocycles. The second kappa shape index (κ2) is 7.85. The minimum Gasteiger partial charge on any atom is -0.496 e. The van der Waals surface area contributed by atoms with Gasteiger partial charge in [-0.1, -0.05) is 60.7 Å². The predicted octanol–water partition coefficient (Wildman–Crippen LogP) is 2.34. The lowest BCUT2D eigenvalue weighted by molar-refractivity contribution is -0.137. The maximum Gasteiger partial charge on any atom is 0.230 e. The number of ether oxygens (including phenoxy) is 2. The standard InChI is InChI=1S/C25H26N2O4/c1-30-19-10-6-5-9-18(19)15-26-23(28)21-20-11-13-25(31-20)16-27(24(29)22(21)25)14-12-17-7-3-2-4-8-17/h2-11,13,20-22H,12,14-16H2,1H3,(H,26,28)/t20-,21?,22?,25-/m0/s1. The van der Waals surface area contributed by atoms with Crippen LogP contribution in [0.15, 0.2) is 66.7 Å². The van der Waals surface area contributed by atoms with Crippen LogP contribution in [0.4, 0.5) is 0 Å². The lowest BCUT2D eigenvalue weighted by atomic mass is 9.77. The molecule has 1 N–H and O–H groups in total. The Labute approximate surface area is 181 Å². The summed E-state index contributed by atoms with van der Waals surface area (Å²) in [5, 5.41) is 3.00. The van der Waals surface area contributed by atoms with Gasteiger partial charge in [0.15, 0.2) is 0 Å². The summed E-state index contributed by atoms with van der Waals surface area (Å²) in [6.07, 6.45) is 4.38. The van der Waals surface area contributed by atoms with Gasteiger partial charge in [0.05, 0.1) is 31.6 Å². The Morgan fingerprint density at radius 1 is 1.19 bits per heavy atom. The molecule has 2 aromatic carbocycles. The minimum atomic E-state index is -0.676. The summed E-state index contributed by atoms with van der Waals surface area (Å²) in [4.78, 5) is 28.3. The molecule has 6 heteroatoms. The number of carbonyl (C=O) groups is 2. The second-order valence-corrected chi connectivity index (χ2v) is 8.43. The van der Waals surface area contributed by atoms with E-state index in [0.717, 1.165) is 17.7 Å². The zero-order valence-electron chi connectivity index (χ0n) is 17.5. The van der Waals surface area contributed by atoms with Gasteiger partial charge in [-0.05, 0) is 18.1 Å². The van der Waals surface area contributed by atoms with Crippen LogP contribution in [0, 0.1) is 11.8 Å². The zero-order chi connectivity index (χ0) is 21.4. The fourth-order valence-corrected chi connectivity index (χ4v) is 5.12. The highest BCUT2D eigenvalue weighted by molar-refractivity contribution is 5.93. The van der Waals surface area contributed by atoms with E-state index in [1.807, 2.05) is 59.5 Å². The smallest absolute Gasteiger partial charge is 0.230 e. The molecule has 3 aliphatic rings. The Morgan fingerprint density at radius 3 is 2.77 bits per heavy atom. The van der Waals surface area contributed by atoms with Crippen LogP contribution in [-0.2, 0) is 27.3 Å². The van der Waals surface area contributed by atoms with E-state index in [4.69, 9.17) is 9.47 Å². The highest BCUT2D eigenvalue weighted by Gasteiger charge is 2.66. The molecule has 1 spiro atoms. The summed E-state index contributed by atoms with van der Waals surface area (Å²) in [6.45, 7) is 1.48. The first kappa shape index (κ1) is 19.8. The molecule has 0 aromatic heterocycles. The van der Waals surface area contributed by atoms with Crippen molar-refractivity contribution in [2.24, 2.45) is 11.8 Å². The lowest BCUT2D eigenvalue weighted by Gasteiger charge is -2.23. The van der Waals surface area contributed by atoms with Crippen molar-refractivity contribution in [2.45, 2.75) is 24.7 Å². The van der Waals surface area contributed by atoms with Gasteiger partial charge in [0.25, 0.3) is 0 Å². The monoisotopic (exact) mass is 418 g/mol. The van der Waals surface area contributed by atoms with Crippen molar-refractivity contribution in [3.8, 4) is 5.75 Å². The van der Waals surface area contributed by atoms with E-state index in [1.165, 1.54) is 5.56 Å². The summed E-state index contributed by atoms with van der Waals surface area (Å²) in [7, 11) is 1.61. The fourth-order valence-electron chi connectivity index (χ4n) is 5.12. The molecule has 2 unspecified atom stereocenters. The zero-order valence-corrected chi connectivity index (χ0v) is 17.5. The van der Waals surface area contributed by atoms with Crippen molar-refractivity contribution >= 4 is 11.8 Å². The quantitative estimate of drug-likeness (QED) is 0.701. The maximum atomic E-state index is 13.3. The number of hydrogen-bond donors (Lipinski definition) is 1. The van der Waals surface area contributed by atoms with Gasteiger partial charge in [0.1, 0.15) is 11.4 Å². The molecule has 3 heterocycles. The number of likely N-dealkylation sites (tertiary alicyclic amines) is 1. The number of hydrogen-bond acceptors (Lipinski definition) is 4. The third-order valence-corrected chi connectivity index (χ3v) is 6.64. The van der Waals surface area contributed by atoms with E-state index in [1.54, 1.807) is 7.11 Å². The summed E-state index contributed by atoms with van der Waals surface area (Å²) in [5.41, 5.74) is 1.41. The molecule has 3 aliphatic heterocycles. The Kier molecular flexibility index (Phi) is 5.02. The third kappa shape index (κ3) is 3.41. The van der Waals surface area contributed by atoms with Gasteiger partial charge < -0.3 is 19.7 Å². The number of nitrogens with zero attached hydrogens (tertiary/aromatic N) is 1. The molecule has 2 saturated heterocycles.